The SMILES string of the molecule is CN(C)C(=O)COc1ccc(NC(=O)c2ccccc2CCc2ccccc2)cc1. The molecule has 0 unspecified atom stereocenters. The molecule has 0 bridgehead atoms. The van der Waals surface area contributed by atoms with Gasteiger partial charge >= 0.3 is 0 Å². The number of ether oxygens (including phenoxy) is 1. The number of carbonyl (C=O) groups is 2. The second kappa shape index (κ2) is 10.3. The van der Waals surface area contributed by atoms with Crippen LogP contribution in [0.2, 0.25) is 0 Å². The summed E-state index contributed by atoms with van der Waals surface area (Å²) in [6.07, 6.45) is 1.67. The summed E-state index contributed by atoms with van der Waals surface area (Å²) in [5.74, 6) is 0.320. The van der Waals surface area contributed by atoms with Gasteiger partial charge in [0.1, 0.15) is 5.75 Å². The number of rotatable bonds is 8. The molecular formula is C25H26N2O3. The monoisotopic (exact) mass is 402 g/mol. The summed E-state index contributed by atoms with van der Waals surface area (Å²) in [7, 11) is 3.37. The minimum atomic E-state index is -0.143. The highest BCUT2D eigenvalue weighted by atomic mass is 16.5. The fraction of sp³-hybridized carbons (Fsp3) is 0.200. The van der Waals surface area contributed by atoms with Crippen LogP contribution in [0.5, 0.6) is 5.75 Å². The molecular weight excluding hydrogens is 376 g/mol. The molecule has 0 heterocycles. The van der Waals surface area contributed by atoms with E-state index >= 15 is 0 Å². The molecule has 0 radical (unpaired) electrons. The molecule has 30 heavy (non-hydrogen) atoms. The lowest BCUT2D eigenvalue weighted by Gasteiger charge is -2.12. The molecule has 0 aliphatic heterocycles. The highest BCUT2D eigenvalue weighted by Crippen LogP contribution is 2.18. The first-order valence-corrected chi connectivity index (χ1v) is 9.89. The van der Waals surface area contributed by atoms with Gasteiger partial charge in [0.05, 0.1) is 0 Å². The summed E-state index contributed by atoms with van der Waals surface area (Å²) in [4.78, 5) is 25.9. The topological polar surface area (TPSA) is 58.6 Å². The van der Waals surface area contributed by atoms with Gasteiger partial charge in [0.25, 0.3) is 11.8 Å². The molecule has 1 N–H and O–H groups in total. The molecule has 0 saturated carbocycles. The Balaban J connectivity index is 1.61. The number of hydrogen-bond acceptors (Lipinski definition) is 3. The van der Waals surface area contributed by atoms with Gasteiger partial charge in [-0.1, -0.05) is 48.5 Å². The van der Waals surface area contributed by atoms with Gasteiger partial charge in [-0.15, -0.1) is 0 Å². The van der Waals surface area contributed by atoms with Gasteiger partial charge in [-0.2, -0.15) is 0 Å². The lowest BCUT2D eigenvalue weighted by atomic mass is 9.99. The van der Waals surface area contributed by atoms with E-state index in [1.165, 1.54) is 10.5 Å². The van der Waals surface area contributed by atoms with Crippen LogP contribution in [-0.4, -0.2) is 37.4 Å². The molecule has 0 spiro atoms. The van der Waals surface area contributed by atoms with E-state index in [1.54, 1.807) is 38.4 Å². The predicted octanol–water partition coefficient (Wildman–Crippen LogP) is 4.19. The summed E-state index contributed by atoms with van der Waals surface area (Å²) in [5.41, 5.74) is 3.60. The molecule has 0 atom stereocenters. The van der Waals surface area contributed by atoms with Crippen molar-refractivity contribution in [2.24, 2.45) is 0 Å². The third kappa shape index (κ3) is 5.95. The standard InChI is InChI=1S/C25H26N2O3/c1-27(2)24(28)18-30-22-16-14-21(15-17-22)26-25(29)23-11-7-6-10-20(23)13-12-19-8-4-3-5-9-19/h3-11,14-17H,12-13,18H2,1-2H3,(H,26,29). The zero-order chi connectivity index (χ0) is 21.3. The third-order valence-corrected chi connectivity index (χ3v) is 4.76. The molecule has 0 aliphatic rings. The van der Waals surface area contributed by atoms with Crippen LogP contribution in [0.15, 0.2) is 78.9 Å². The second-order valence-electron chi connectivity index (χ2n) is 7.20. The van der Waals surface area contributed by atoms with Crippen LogP contribution in [0, 0.1) is 0 Å². The lowest BCUT2D eigenvalue weighted by Crippen LogP contribution is -2.27. The third-order valence-electron chi connectivity index (χ3n) is 4.76. The van der Waals surface area contributed by atoms with Gasteiger partial charge in [0.15, 0.2) is 6.61 Å². The minimum Gasteiger partial charge on any atom is -0.484 e. The van der Waals surface area contributed by atoms with Crippen LogP contribution in [0.25, 0.3) is 0 Å². The van der Waals surface area contributed by atoms with Crippen molar-refractivity contribution in [2.75, 3.05) is 26.0 Å². The Bertz CT molecular complexity index is 983. The van der Waals surface area contributed by atoms with Gasteiger partial charge in [-0.05, 0) is 54.3 Å². The van der Waals surface area contributed by atoms with Crippen LogP contribution >= 0.6 is 0 Å². The van der Waals surface area contributed by atoms with Crippen LogP contribution < -0.4 is 10.1 Å². The average Bonchev–Trinajstić information content (AvgIpc) is 2.77. The van der Waals surface area contributed by atoms with Crippen molar-refractivity contribution < 1.29 is 14.3 Å². The number of aryl methyl sites for hydroxylation is 2. The van der Waals surface area contributed by atoms with Crippen LogP contribution in [0.1, 0.15) is 21.5 Å². The second-order valence-corrected chi connectivity index (χ2v) is 7.20. The average molecular weight is 402 g/mol. The summed E-state index contributed by atoms with van der Waals surface area (Å²) < 4.78 is 5.46. The quantitative estimate of drug-likeness (QED) is 0.615. The lowest BCUT2D eigenvalue weighted by molar-refractivity contribution is -0.130. The van der Waals surface area contributed by atoms with E-state index in [0.29, 0.717) is 17.0 Å². The van der Waals surface area contributed by atoms with Crippen molar-refractivity contribution in [1.82, 2.24) is 4.90 Å². The van der Waals surface area contributed by atoms with E-state index in [9.17, 15) is 9.59 Å². The van der Waals surface area contributed by atoms with Crippen LogP contribution in [0.4, 0.5) is 5.69 Å². The van der Waals surface area contributed by atoms with Crippen LogP contribution in [-0.2, 0) is 17.6 Å². The summed E-state index contributed by atoms with van der Waals surface area (Å²) in [5, 5.41) is 2.94. The number of amides is 2. The Labute approximate surface area is 177 Å². The van der Waals surface area contributed by atoms with Gasteiger partial charge in [-0.3, -0.25) is 9.59 Å². The normalized spacial score (nSPS) is 10.3. The smallest absolute Gasteiger partial charge is 0.259 e. The molecule has 5 heteroatoms. The van der Waals surface area contributed by atoms with Crippen molar-refractivity contribution in [3.05, 3.63) is 95.6 Å². The fourth-order valence-corrected chi connectivity index (χ4v) is 2.99. The van der Waals surface area contributed by atoms with Crippen molar-refractivity contribution in [2.45, 2.75) is 12.8 Å². The molecule has 3 rings (SSSR count). The zero-order valence-corrected chi connectivity index (χ0v) is 17.3. The summed E-state index contributed by atoms with van der Waals surface area (Å²) >= 11 is 0. The van der Waals surface area contributed by atoms with E-state index in [0.717, 1.165) is 18.4 Å². The number of nitrogens with one attached hydrogen (secondary N) is 1. The maximum atomic E-state index is 12.8. The molecule has 5 nitrogen and oxygen atoms in total. The van der Waals surface area contributed by atoms with Crippen LogP contribution in [0.3, 0.4) is 0 Å². The van der Waals surface area contributed by atoms with E-state index < -0.39 is 0 Å². The van der Waals surface area contributed by atoms with Crippen molar-refractivity contribution in [3.8, 4) is 5.75 Å². The predicted molar refractivity (Wildman–Crippen MR) is 119 cm³/mol. The highest BCUT2D eigenvalue weighted by Gasteiger charge is 2.12. The number of carbonyl (C=O) groups excluding carboxylic acids is 2. The Morgan fingerprint density at radius 1 is 0.833 bits per heavy atom. The van der Waals surface area contributed by atoms with Crippen molar-refractivity contribution in [1.29, 1.82) is 0 Å². The van der Waals surface area contributed by atoms with Gasteiger partial charge in [-0.25, -0.2) is 0 Å². The maximum absolute atomic E-state index is 12.8. The Kier molecular flexibility index (Phi) is 7.22. The van der Waals surface area contributed by atoms with E-state index in [1.807, 2.05) is 42.5 Å². The molecule has 0 saturated heterocycles. The number of hydrogen-bond donors (Lipinski definition) is 1. The fourth-order valence-electron chi connectivity index (χ4n) is 2.99. The van der Waals surface area contributed by atoms with E-state index in [4.69, 9.17) is 4.74 Å². The van der Waals surface area contributed by atoms with Gasteiger partial charge in [0, 0.05) is 25.3 Å². The largest absolute Gasteiger partial charge is 0.484 e. The molecule has 154 valence electrons. The Hall–Kier alpha value is -3.60. The van der Waals surface area contributed by atoms with Gasteiger partial charge in [0.2, 0.25) is 0 Å². The summed E-state index contributed by atoms with van der Waals surface area (Å²) in [6.45, 7) is -0.0203. The molecule has 0 fully saturated rings. The first-order chi connectivity index (χ1) is 14.5. The maximum Gasteiger partial charge on any atom is 0.259 e. The Morgan fingerprint density at radius 2 is 1.50 bits per heavy atom. The summed E-state index contributed by atoms with van der Waals surface area (Å²) in [6, 6.07) is 24.9. The highest BCUT2D eigenvalue weighted by molar-refractivity contribution is 6.05. The Morgan fingerprint density at radius 3 is 2.20 bits per heavy atom. The van der Waals surface area contributed by atoms with Crippen molar-refractivity contribution >= 4 is 17.5 Å². The molecule has 3 aromatic rings. The molecule has 0 aliphatic carbocycles. The molecule has 2 amide bonds. The van der Waals surface area contributed by atoms with E-state index in [2.05, 4.69) is 17.4 Å². The number of nitrogens with zero attached hydrogens (tertiary/aromatic N) is 1. The van der Waals surface area contributed by atoms with Crippen molar-refractivity contribution in [3.63, 3.8) is 0 Å². The first kappa shape index (κ1) is 21.1. The first-order valence-electron chi connectivity index (χ1n) is 9.89. The number of anilines is 1. The molecule has 3 aromatic carbocycles. The minimum absolute atomic E-state index is 0.0203. The van der Waals surface area contributed by atoms with Gasteiger partial charge < -0.3 is 15.0 Å². The van der Waals surface area contributed by atoms with E-state index in [-0.39, 0.29) is 18.4 Å². The zero-order valence-electron chi connectivity index (χ0n) is 17.3. The number of likely N-dealkylation sites (N-methyl/N-ethyl adjacent to an activating group) is 1. The molecule has 0 aromatic heterocycles. The number of benzene rings is 3.